The first-order valence-corrected chi connectivity index (χ1v) is 6.28. The number of aromatic nitrogens is 4. The third-order valence-corrected chi connectivity index (χ3v) is 3.55. The molecule has 0 aromatic carbocycles. The molecule has 0 amide bonds. The molecule has 6 N–H and O–H groups in total. The second-order valence-electron chi connectivity index (χ2n) is 4.80. The normalized spacial score (nSPS) is 30.9. The summed E-state index contributed by atoms with van der Waals surface area (Å²) < 4.78 is 6.53. The van der Waals surface area contributed by atoms with Crippen molar-refractivity contribution in [2.45, 2.75) is 30.6 Å². The lowest BCUT2D eigenvalue weighted by Gasteiger charge is -2.22. The number of nitrogen functional groups attached to an aromatic ring is 1. The highest BCUT2D eigenvalue weighted by molar-refractivity contribution is 5.81. The summed E-state index contributed by atoms with van der Waals surface area (Å²) in [6.07, 6.45) is -3.59. The molecule has 1 fully saturated rings. The molecular weight excluding hydrogens is 282 g/mol. The Bertz CT molecular complexity index is 649. The van der Waals surface area contributed by atoms with Crippen LogP contribution in [0, 0.1) is 0 Å². The molecule has 1 aliphatic rings. The summed E-state index contributed by atoms with van der Waals surface area (Å²) in [6.45, 7) is -0.471. The van der Waals surface area contributed by atoms with Gasteiger partial charge >= 0.3 is 0 Å². The van der Waals surface area contributed by atoms with Crippen molar-refractivity contribution in [1.29, 1.82) is 0 Å². The van der Waals surface area contributed by atoms with E-state index in [1.54, 1.807) is 0 Å². The first kappa shape index (κ1) is 14.1. The van der Waals surface area contributed by atoms with E-state index in [9.17, 15) is 15.3 Å². The van der Waals surface area contributed by atoms with Gasteiger partial charge in [0, 0.05) is 0 Å². The quantitative estimate of drug-likeness (QED) is 0.408. The van der Waals surface area contributed by atoms with E-state index in [1.807, 2.05) is 0 Å². The van der Waals surface area contributed by atoms with E-state index >= 15 is 0 Å². The second-order valence-corrected chi connectivity index (χ2v) is 4.80. The van der Waals surface area contributed by atoms with Crippen molar-refractivity contribution in [3.63, 3.8) is 0 Å². The van der Waals surface area contributed by atoms with Gasteiger partial charge in [-0.15, -0.1) is 0 Å². The lowest BCUT2D eigenvalue weighted by atomic mass is 10.1. The van der Waals surface area contributed by atoms with E-state index in [-0.39, 0.29) is 11.5 Å². The third kappa shape index (κ3) is 2.13. The molecule has 10 nitrogen and oxygen atoms in total. The van der Waals surface area contributed by atoms with Crippen LogP contribution in [0.3, 0.4) is 0 Å². The summed E-state index contributed by atoms with van der Waals surface area (Å²) in [4.78, 5) is 11.8. The summed E-state index contributed by atoms with van der Waals surface area (Å²) in [5.41, 5.74) is 6.23. The molecular formula is C11H15N5O5. The van der Waals surface area contributed by atoms with Crippen molar-refractivity contribution in [2.75, 3.05) is 12.3 Å². The van der Waals surface area contributed by atoms with Gasteiger partial charge in [0.15, 0.2) is 17.7 Å². The van der Waals surface area contributed by atoms with Crippen molar-refractivity contribution in [1.82, 2.24) is 19.5 Å². The Hall–Kier alpha value is -1.85. The van der Waals surface area contributed by atoms with E-state index < -0.39 is 37.3 Å². The van der Waals surface area contributed by atoms with Gasteiger partial charge < -0.3 is 30.9 Å². The number of aliphatic hydroxyl groups is 4. The first-order valence-electron chi connectivity index (χ1n) is 6.28. The first-order chi connectivity index (χ1) is 10.0. The maximum Gasteiger partial charge on any atom is 0.167 e. The van der Waals surface area contributed by atoms with Crippen LogP contribution in [0.15, 0.2) is 12.7 Å². The van der Waals surface area contributed by atoms with Crippen LogP contribution >= 0.6 is 0 Å². The Morgan fingerprint density at radius 1 is 1.29 bits per heavy atom. The van der Waals surface area contributed by atoms with Crippen molar-refractivity contribution < 1.29 is 25.2 Å². The minimum Gasteiger partial charge on any atom is -0.394 e. The average Bonchev–Trinajstić information content (AvgIpc) is 3.03. The SMILES string of the molecule is Nc1ncnc2c1ncn2C(O)[C@@H]1O[C@H](CO)[C@@H](O)[C@H]1O. The molecule has 2 aromatic rings. The summed E-state index contributed by atoms with van der Waals surface area (Å²) in [7, 11) is 0. The Morgan fingerprint density at radius 3 is 2.71 bits per heavy atom. The van der Waals surface area contributed by atoms with Crippen molar-refractivity contribution in [2.24, 2.45) is 0 Å². The number of anilines is 1. The molecule has 0 saturated carbocycles. The van der Waals surface area contributed by atoms with Gasteiger partial charge in [-0.05, 0) is 0 Å². The molecule has 10 heteroatoms. The number of rotatable bonds is 3. The van der Waals surface area contributed by atoms with Crippen LogP contribution in [0.25, 0.3) is 11.2 Å². The Balaban J connectivity index is 1.94. The fourth-order valence-electron chi connectivity index (χ4n) is 2.40. The van der Waals surface area contributed by atoms with Crippen molar-refractivity contribution in [3.8, 4) is 0 Å². The van der Waals surface area contributed by atoms with Gasteiger partial charge in [0.2, 0.25) is 0 Å². The average molecular weight is 297 g/mol. The highest BCUT2D eigenvalue weighted by Crippen LogP contribution is 2.29. The lowest BCUT2D eigenvalue weighted by molar-refractivity contribution is -0.101. The Kier molecular flexibility index (Phi) is 3.47. The van der Waals surface area contributed by atoms with Crippen LogP contribution in [-0.4, -0.2) is 71.0 Å². The number of hydrogen-bond donors (Lipinski definition) is 5. The van der Waals surface area contributed by atoms with Gasteiger partial charge in [-0.25, -0.2) is 15.0 Å². The summed E-state index contributed by atoms with van der Waals surface area (Å²) >= 11 is 0. The van der Waals surface area contributed by atoms with E-state index in [0.29, 0.717) is 5.52 Å². The van der Waals surface area contributed by atoms with Gasteiger partial charge in [-0.2, -0.15) is 0 Å². The van der Waals surface area contributed by atoms with Crippen LogP contribution in [-0.2, 0) is 4.74 Å². The topological polar surface area (TPSA) is 160 Å². The van der Waals surface area contributed by atoms with Crippen LogP contribution in [0.5, 0.6) is 0 Å². The lowest BCUT2D eigenvalue weighted by Crippen LogP contribution is -2.37. The zero-order valence-corrected chi connectivity index (χ0v) is 10.8. The monoisotopic (exact) mass is 297 g/mol. The Morgan fingerprint density at radius 2 is 2.05 bits per heavy atom. The van der Waals surface area contributed by atoms with E-state index in [1.165, 1.54) is 17.2 Å². The molecule has 2 aromatic heterocycles. The molecule has 0 aliphatic carbocycles. The zero-order valence-electron chi connectivity index (χ0n) is 10.8. The number of nitrogens with two attached hydrogens (primary N) is 1. The predicted molar refractivity (Wildman–Crippen MR) is 68.8 cm³/mol. The maximum absolute atomic E-state index is 10.3. The molecule has 1 unspecified atom stereocenters. The molecule has 0 spiro atoms. The number of imidazole rings is 1. The summed E-state index contributed by atoms with van der Waals surface area (Å²) in [5, 5.41) is 39.0. The molecule has 1 saturated heterocycles. The minimum absolute atomic E-state index is 0.159. The predicted octanol–water partition coefficient (Wildman–Crippen LogP) is -2.62. The van der Waals surface area contributed by atoms with Crippen LogP contribution < -0.4 is 5.73 Å². The van der Waals surface area contributed by atoms with Gasteiger partial charge in [0.05, 0.1) is 12.9 Å². The number of fused-ring (bicyclic) bond motifs is 1. The molecule has 0 radical (unpaired) electrons. The molecule has 21 heavy (non-hydrogen) atoms. The molecule has 1 aliphatic heterocycles. The number of nitrogens with zero attached hydrogens (tertiary/aromatic N) is 4. The van der Waals surface area contributed by atoms with E-state index in [0.717, 1.165) is 0 Å². The van der Waals surface area contributed by atoms with E-state index in [4.69, 9.17) is 15.6 Å². The Labute approximate surface area is 118 Å². The maximum atomic E-state index is 10.3. The van der Waals surface area contributed by atoms with Gasteiger partial charge in [-0.1, -0.05) is 0 Å². The third-order valence-electron chi connectivity index (χ3n) is 3.55. The highest BCUT2D eigenvalue weighted by atomic mass is 16.6. The molecule has 5 atom stereocenters. The standard InChI is InChI=1S/C11H15N5O5/c12-9-5-10(14-2-13-9)16(3-15-5)11(20)8-7(19)6(18)4(1-17)21-8/h2-4,6-8,11,17-20H,1H2,(H2,12,13,14)/t4-,6-,7-,8-,11?/m1/s1. The van der Waals surface area contributed by atoms with Crippen molar-refractivity contribution >= 4 is 17.0 Å². The molecule has 0 bridgehead atoms. The second kappa shape index (κ2) is 5.16. The van der Waals surface area contributed by atoms with Gasteiger partial charge in [0.25, 0.3) is 0 Å². The van der Waals surface area contributed by atoms with Gasteiger partial charge in [0.1, 0.15) is 36.3 Å². The minimum atomic E-state index is -1.36. The van der Waals surface area contributed by atoms with Crippen LogP contribution in [0.2, 0.25) is 0 Å². The molecule has 114 valence electrons. The molecule has 3 heterocycles. The fourth-order valence-corrected chi connectivity index (χ4v) is 2.40. The largest absolute Gasteiger partial charge is 0.394 e. The van der Waals surface area contributed by atoms with Gasteiger partial charge in [-0.3, -0.25) is 4.57 Å². The number of aliphatic hydroxyl groups excluding tert-OH is 4. The summed E-state index contributed by atoms with van der Waals surface area (Å²) in [6, 6.07) is 0. The molecule has 3 rings (SSSR count). The number of ether oxygens (including phenoxy) is 1. The summed E-state index contributed by atoms with van der Waals surface area (Å²) in [5.74, 6) is 0.159. The highest BCUT2D eigenvalue weighted by Gasteiger charge is 2.46. The smallest absolute Gasteiger partial charge is 0.167 e. The van der Waals surface area contributed by atoms with Crippen molar-refractivity contribution in [3.05, 3.63) is 12.7 Å². The van der Waals surface area contributed by atoms with Crippen LogP contribution in [0.4, 0.5) is 5.82 Å². The fraction of sp³-hybridized carbons (Fsp3) is 0.545. The zero-order chi connectivity index (χ0) is 15.1. The van der Waals surface area contributed by atoms with E-state index in [2.05, 4.69) is 15.0 Å². The number of hydrogen-bond acceptors (Lipinski definition) is 9. The van der Waals surface area contributed by atoms with Crippen LogP contribution in [0.1, 0.15) is 6.23 Å².